The Balaban J connectivity index is 0.000000245. The summed E-state index contributed by atoms with van der Waals surface area (Å²) in [5.41, 5.74) is 11.6. The van der Waals surface area contributed by atoms with E-state index in [2.05, 4.69) is 222 Å². The van der Waals surface area contributed by atoms with Crippen molar-refractivity contribution in [1.29, 1.82) is 0 Å². The molecule has 314 valence electrons. The van der Waals surface area contributed by atoms with Crippen molar-refractivity contribution in [3.8, 4) is 22.3 Å². The van der Waals surface area contributed by atoms with Gasteiger partial charge in [0.2, 0.25) is 0 Å². The first-order valence-electron chi connectivity index (χ1n) is 21.5. The number of fused-ring (bicyclic) bond motifs is 2. The molecule has 0 saturated carbocycles. The fourth-order valence-corrected chi connectivity index (χ4v) is 15.6. The fraction of sp³-hybridized carbons (Fsp3) is 0.423. The van der Waals surface area contributed by atoms with E-state index in [0.29, 0.717) is 11.8 Å². The second-order valence-electron chi connectivity index (χ2n) is 20.2. The summed E-state index contributed by atoms with van der Waals surface area (Å²) in [4.78, 5) is 0. The van der Waals surface area contributed by atoms with Gasteiger partial charge >= 0.3 is 37.9 Å². The van der Waals surface area contributed by atoms with Gasteiger partial charge in [0.1, 0.15) is 16.5 Å². The second-order valence-corrected chi connectivity index (χ2v) is 34.0. The molecule has 0 amide bonds. The van der Waals surface area contributed by atoms with Gasteiger partial charge < -0.3 is 4.14 Å². The summed E-state index contributed by atoms with van der Waals surface area (Å²) in [6, 6.07) is 40.7. The average molecular weight is 940 g/mol. The Morgan fingerprint density at radius 3 is 1.14 bits per heavy atom. The zero-order valence-corrected chi connectivity index (χ0v) is 45.2. The molecule has 2 unspecified atom stereocenters. The van der Waals surface area contributed by atoms with Gasteiger partial charge in [-0.3, -0.25) is 0 Å². The van der Waals surface area contributed by atoms with Gasteiger partial charge in [-0.25, -0.2) is 0 Å². The van der Waals surface area contributed by atoms with Crippen LogP contribution in [0, 0.1) is 0 Å². The molecular formula is C52H72BCl2NSi2Zr. The summed E-state index contributed by atoms with van der Waals surface area (Å²) in [7, 11) is 13.4. The summed E-state index contributed by atoms with van der Waals surface area (Å²) < 4.78 is 2.15. The van der Waals surface area contributed by atoms with Crippen LogP contribution in [0.5, 0.6) is 0 Å². The van der Waals surface area contributed by atoms with Crippen LogP contribution in [0.3, 0.4) is 0 Å². The van der Waals surface area contributed by atoms with Crippen LogP contribution in [-0.2, 0) is 31.7 Å². The Hall–Kier alpha value is -1.98. The van der Waals surface area contributed by atoms with E-state index in [4.69, 9.17) is 25.0 Å². The fourth-order valence-electron chi connectivity index (χ4n) is 7.60. The van der Waals surface area contributed by atoms with E-state index in [9.17, 15) is 0 Å². The molecule has 0 aliphatic heterocycles. The summed E-state index contributed by atoms with van der Waals surface area (Å²) in [5, 5.41) is 5.47. The van der Waals surface area contributed by atoms with Gasteiger partial charge in [-0.2, -0.15) is 12.1 Å². The molecule has 2 atom stereocenters. The molecule has 0 aliphatic rings. The summed E-state index contributed by atoms with van der Waals surface area (Å²) in [6.07, 6.45) is 2.34. The maximum absolute atomic E-state index is 5.98. The summed E-state index contributed by atoms with van der Waals surface area (Å²) in [6.45, 7) is 36.6. The van der Waals surface area contributed by atoms with Gasteiger partial charge in [-0.05, 0) is 57.8 Å². The molecule has 7 heteroatoms. The quantitative estimate of drug-likeness (QED) is 0.109. The first kappa shape index (κ1) is 51.4. The Kier molecular flexibility index (Phi) is 19.1. The number of rotatable bonds is 8. The molecule has 0 N–H and O–H groups in total. The number of nitrogens with zero attached hydrogens (tertiary/aromatic N) is 1. The van der Waals surface area contributed by atoms with Crippen LogP contribution < -0.4 is 0 Å². The molecule has 6 aromatic rings. The topological polar surface area (TPSA) is 3.24 Å². The number of benzene rings is 4. The molecule has 6 rings (SSSR count). The van der Waals surface area contributed by atoms with Gasteiger partial charge in [-0.1, -0.05) is 180 Å². The summed E-state index contributed by atoms with van der Waals surface area (Å²) in [5.74, 6) is 1.16. The maximum atomic E-state index is 5.98. The van der Waals surface area contributed by atoms with Gasteiger partial charge in [0.25, 0.3) is 0 Å². The molecule has 59 heavy (non-hydrogen) atoms. The molecule has 0 spiro atoms. The minimum atomic E-state index is -1.22. The Bertz CT molecular complexity index is 2060. The SMILES string of the molecule is CCC(C)c1ccccc1-c1cccc2[cH-]c(C(C)(C)C)cc12.CCC(C)c1ccccc1-c1cccc2[cH-]c(C(C)(C)C)cc12.[B]N([Si](C)(C)C)[Si](C)(C)C.[Cl][Zr+2][Cl]. The van der Waals surface area contributed by atoms with E-state index >= 15 is 0 Å². The Morgan fingerprint density at radius 1 is 0.559 bits per heavy atom. The van der Waals surface area contributed by atoms with Gasteiger partial charge in [-0.15, -0.1) is 69.1 Å². The van der Waals surface area contributed by atoms with E-state index in [1.165, 1.54) is 78.9 Å². The molecule has 0 bridgehead atoms. The van der Waals surface area contributed by atoms with Crippen LogP contribution in [-0.4, -0.2) is 28.6 Å². The van der Waals surface area contributed by atoms with Crippen LogP contribution in [0.1, 0.15) is 116 Å². The molecule has 0 fully saturated rings. The second kappa shape index (κ2) is 21.9. The van der Waals surface area contributed by atoms with Gasteiger partial charge in [0.05, 0.1) is 0 Å². The number of hydrogen-bond donors (Lipinski definition) is 0. The third kappa shape index (κ3) is 14.0. The molecule has 0 aliphatic carbocycles. The zero-order valence-electron chi connectivity index (χ0n) is 39.2. The van der Waals surface area contributed by atoms with Crippen LogP contribution in [0.15, 0.2) is 109 Å². The van der Waals surface area contributed by atoms with E-state index in [-0.39, 0.29) is 10.8 Å². The van der Waals surface area contributed by atoms with Crippen LogP contribution in [0.2, 0.25) is 39.3 Å². The van der Waals surface area contributed by atoms with Gasteiger partial charge in [0, 0.05) is 0 Å². The minimum absolute atomic E-state index is 0.187. The molecular weight excluding hydrogens is 868 g/mol. The van der Waals surface area contributed by atoms with Crippen LogP contribution >= 0.6 is 17.0 Å². The van der Waals surface area contributed by atoms with Crippen molar-refractivity contribution in [3.63, 3.8) is 0 Å². The van der Waals surface area contributed by atoms with Crippen molar-refractivity contribution in [3.05, 3.63) is 131 Å². The monoisotopic (exact) mass is 937 g/mol. The molecule has 0 saturated heterocycles. The van der Waals surface area contributed by atoms with Crippen molar-refractivity contribution in [2.45, 2.75) is 144 Å². The van der Waals surface area contributed by atoms with Crippen molar-refractivity contribution in [2.75, 3.05) is 0 Å². The van der Waals surface area contributed by atoms with Crippen LogP contribution in [0.25, 0.3) is 43.8 Å². The standard InChI is InChI=1S/2C23H27.C6H18BNSi2.2ClH.Zr/c2*1-6-16(2)19-11-7-8-12-20(19)21-13-9-10-17-14-18(15-22(17)21)23(3,4)5;1-9(2,3)8(7)10(4,5)6;;;/h2*7-16H,6H2,1-5H3;1-6H3;2*1H;/q2*-1;;;;+4/p-2. The third-order valence-electron chi connectivity index (χ3n) is 11.5. The predicted molar refractivity (Wildman–Crippen MR) is 271 cm³/mol. The van der Waals surface area contributed by atoms with E-state index in [1.807, 2.05) is 0 Å². The zero-order chi connectivity index (χ0) is 44.5. The summed E-state index contributed by atoms with van der Waals surface area (Å²) >= 11 is -0.826. The predicted octanol–water partition coefficient (Wildman–Crippen LogP) is 17.5. The van der Waals surface area contributed by atoms with Crippen LogP contribution in [0.4, 0.5) is 0 Å². The molecule has 0 heterocycles. The third-order valence-corrected chi connectivity index (χ3v) is 18.4. The normalized spacial score (nSPS) is 13.1. The van der Waals surface area contributed by atoms with E-state index in [1.54, 1.807) is 0 Å². The van der Waals surface area contributed by atoms with Crippen molar-refractivity contribution in [1.82, 2.24) is 4.14 Å². The van der Waals surface area contributed by atoms with E-state index < -0.39 is 37.3 Å². The van der Waals surface area contributed by atoms with Crippen molar-refractivity contribution >= 4 is 63.0 Å². The van der Waals surface area contributed by atoms with Gasteiger partial charge in [0.15, 0.2) is 7.98 Å². The number of halogens is 2. The average Bonchev–Trinajstić information content (AvgIpc) is 3.83. The number of hydrogen-bond acceptors (Lipinski definition) is 1. The molecule has 0 aromatic heterocycles. The van der Waals surface area contributed by atoms with E-state index in [0.717, 1.165) is 0 Å². The molecule has 6 aromatic carbocycles. The first-order valence-corrected chi connectivity index (χ1v) is 34.7. The first-order chi connectivity index (χ1) is 27.4. The Morgan fingerprint density at radius 2 is 0.864 bits per heavy atom. The van der Waals surface area contributed by atoms with Crippen molar-refractivity contribution in [2.24, 2.45) is 0 Å². The molecule has 2 radical (unpaired) electrons. The molecule has 1 nitrogen and oxygen atoms in total. The van der Waals surface area contributed by atoms with Crippen molar-refractivity contribution < 1.29 is 20.8 Å². The Labute approximate surface area is 382 Å².